The lowest BCUT2D eigenvalue weighted by Gasteiger charge is -2.21. The van der Waals surface area contributed by atoms with Crippen LogP contribution < -0.4 is 10.6 Å². The molecule has 1 fully saturated rings. The number of carbonyl (C=O) groups is 1. The van der Waals surface area contributed by atoms with E-state index in [1.165, 1.54) is 12.8 Å². The van der Waals surface area contributed by atoms with E-state index in [0.717, 1.165) is 43.9 Å². The Morgan fingerprint density at radius 3 is 2.32 bits per heavy atom. The molecule has 5 heteroatoms. The molecule has 1 aromatic carbocycles. The van der Waals surface area contributed by atoms with Gasteiger partial charge in [0.05, 0.1) is 6.10 Å². The molecular formula is C17H27N3O2. The lowest BCUT2D eigenvalue weighted by atomic mass is 10.2. The molecule has 0 radical (unpaired) electrons. The van der Waals surface area contributed by atoms with Crippen LogP contribution in [0.15, 0.2) is 24.3 Å². The average molecular weight is 305 g/mol. The van der Waals surface area contributed by atoms with Gasteiger partial charge in [0.25, 0.3) is 0 Å². The molecule has 1 aromatic rings. The van der Waals surface area contributed by atoms with Gasteiger partial charge in [-0.25, -0.2) is 4.79 Å². The first-order valence-electron chi connectivity index (χ1n) is 8.11. The maximum Gasteiger partial charge on any atom is 0.321 e. The fourth-order valence-electron chi connectivity index (χ4n) is 2.49. The van der Waals surface area contributed by atoms with Crippen LogP contribution in [0.5, 0.6) is 0 Å². The maximum atomic E-state index is 12.2. The van der Waals surface area contributed by atoms with E-state index in [9.17, 15) is 4.79 Å². The molecule has 2 amide bonds. The molecule has 122 valence electrons. The van der Waals surface area contributed by atoms with E-state index >= 15 is 0 Å². The van der Waals surface area contributed by atoms with Gasteiger partial charge < -0.3 is 20.3 Å². The second-order valence-corrected chi connectivity index (χ2v) is 5.84. The van der Waals surface area contributed by atoms with Crippen LogP contribution in [0.1, 0.15) is 32.6 Å². The van der Waals surface area contributed by atoms with E-state index in [0.29, 0.717) is 0 Å². The predicted octanol–water partition coefficient (Wildman–Crippen LogP) is 3.54. The number of urea groups is 1. The molecule has 0 spiro atoms. The number of nitrogens with one attached hydrogen (secondary N) is 2. The van der Waals surface area contributed by atoms with E-state index < -0.39 is 0 Å². The number of methoxy groups -OCH3 is 1. The van der Waals surface area contributed by atoms with Crippen LogP contribution in [0, 0.1) is 0 Å². The van der Waals surface area contributed by atoms with Crippen molar-refractivity contribution in [2.75, 3.05) is 37.4 Å². The van der Waals surface area contributed by atoms with Crippen molar-refractivity contribution in [3.05, 3.63) is 24.3 Å². The number of likely N-dealkylation sites (tertiary alicyclic amines) is 1. The Kier molecular flexibility index (Phi) is 6.52. The molecule has 1 unspecified atom stereocenters. The summed E-state index contributed by atoms with van der Waals surface area (Å²) < 4.78 is 5.20. The summed E-state index contributed by atoms with van der Waals surface area (Å²) >= 11 is 0. The summed E-state index contributed by atoms with van der Waals surface area (Å²) in [7, 11) is 1.70. The van der Waals surface area contributed by atoms with E-state index in [1.54, 1.807) is 7.11 Å². The molecule has 1 aliphatic heterocycles. The molecular weight excluding hydrogens is 278 g/mol. The smallest absolute Gasteiger partial charge is 0.321 e. The average Bonchev–Trinajstić information content (AvgIpc) is 2.83. The second kappa shape index (κ2) is 8.63. The van der Waals surface area contributed by atoms with Gasteiger partial charge in [0.1, 0.15) is 0 Å². The molecule has 0 aromatic heterocycles. The summed E-state index contributed by atoms with van der Waals surface area (Å²) in [6.07, 6.45) is 4.83. The monoisotopic (exact) mass is 305 g/mol. The molecule has 0 saturated carbocycles. The Morgan fingerprint density at radius 2 is 1.73 bits per heavy atom. The van der Waals surface area contributed by atoms with Crippen LogP contribution in [0.3, 0.4) is 0 Å². The molecule has 0 bridgehead atoms. The van der Waals surface area contributed by atoms with Crippen LogP contribution in [0.4, 0.5) is 16.2 Å². The Labute approximate surface area is 133 Å². The molecule has 1 saturated heterocycles. The number of benzene rings is 1. The van der Waals surface area contributed by atoms with Gasteiger partial charge in [-0.2, -0.15) is 0 Å². The number of hydrogen-bond donors (Lipinski definition) is 2. The highest BCUT2D eigenvalue weighted by Crippen LogP contribution is 2.16. The van der Waals surface area contributed by atoms with E-state index in [2.05, 4.69) is 10.6 Å². The maximum absolute atomic E-state index is 12.2. The van der Waals surface area contributed by atoms with Gasteiger partial charge in [0.15, 0.2) is 0 Å². The number of carbonyl (C=O) groups excluding carboxylic acids is 1. The highest BCUT2D eigenvalue weighted by Gasteiger charge is 2.15. The molecule has 1 aliphatic rings. The quantitative estimate of drug-likeness (QED) is 0.875. The lowest BCUT2D eigenvalue weighted by molar-refractivity contribution is 0.129. The van der Waals surface area contributed by atoms with Gasteiger partial charge in [-0.05, 0) is 44.0 Å². The first-order chi connectivity index (χ1) is 10.7. The van der Waals surface area contributed by atoms with Crippen molar-refractivity contribution in [1.82, 2.24) is 4.90 Å². The zero-order valence-corrected chi connectivity index (χ0v) is 13.6. The molecule has 22 heavy (non-hydrogen) atoms. The largest absolute Gasteiger partial charge is 0.382 e. The minimum absolute atomic E-state index is 0.00983. The summed E-state index contributed by atoms with van der Waals surface area (Å²) in [6.45, 7) is 4.50. The topological polar surface area (TPSA) is 53.6 Å². The number of amides is 2. The Bertz CT molecular complexity index is 453. The molecule has 0 aliphatic carbocycles. The first kappa shape index (κ1) is 16.6. The lowest BCUT2D eigenvalue weighted by Crippen LogP contribution is -2.35. The number of hydrogen-bond acceptors (Lipinski definition) is 3. The van der Waals surface area contributed by atoms with Crippen molar-refractivity contribution in [2.45, 2.75) is 38.7 Å². The SMILES string of the molecule is COC(C)CNc1ccc(NC(=O)N2CCCCCC2)cc1. The van der Waals surface area contributed by atoms with Gasteiger partial charge in [0.2, 0.25) is 0 Å². The standard InChI is InChI=1S/C17H27N3O2/c1-14(22-2)13-18-15-7-9-16(10-8-15)19-17(21)20-11-5-3-4-6-12-20/h7-10,14,18H,3-6,11-13H2,1-2H3,(H,19,21). The third-order valence-electron chi connectivity index (χ3n) is 4.03. The van der Waals surface area contributed by atoms with Gasteiger partial charge in [-0.15, -0.1) is 0 Å². The first-order valence-corrected chi connectivity index (χ1v) is 8.11. The van der Waals surface area contributed by atoms with Crippen molar-refractivity contribution in [3.8, 4) is 0 Å². The minimum atomic E-state index is 0.00983. The number of ether oxygens (including phenoxy) is 1. The van der Waals surface area contributed by atoms with Crippen LogP contribution in [-0.2, 0) is 4.74 Å². The molecule has 2 N–H and O–H groups in total. The van der Waals surface area contributed by atoms with E-state index in [1.807, 2.05) is 36.1 Å². The Hall–Kier alpha value is -1.75. The number of rotatable bonds is 5. The Balaban J connectivity index is 1.83. The Morgan fingerprint density at radius 1 is 1.14 bits per heavy atom. The van der Waals surface area contributed by atoms with Gasteiger partial charge in [0, 0.05) is 38.1 Å². The molecule has 2 rings (SSSR count). The predicted molar refractivity (Wildman–Crippen MR) is 90.5 cm³/mol. The highest BCUT2D eigenvalue weighted by molar-refractivity contribution is 5.89. The van der Waals surface area contributed by atoms with E-state index in [4.69, 9.17) is 4.74 Å². The minimum Gasteiger partial charge on any atom is -0.382 e. The summed E-state index contributed by atoms with van der Waals surface area (Å²) in [6, 6.07) is 7.81. The van der Waals surface area contributed by atoms with Crippen molar-refractivity contribution < 1.29 is 9.53 Å². The van der Waals surface area contributed by atoms with Crippen LogP contribution in [0.25, 0.3) is 0 Å². The van der Waals surface area contributed by atoms with Crippen molar-refractivity contribution in [1.29, 1.82) is 0 Å². The summed E-state index contributed by atoms with van der Waals surface area (Å²) in [5.41, 5.74) is 1.86. The van der Waals surface area contributed by atoms with Gasteiger partial charge >= 0.3 is 6.03 Å². The molecule has 5 nitrogen and oxygen atoms in total. The van der Waals surface area contributed by atoms with Gasteiger partial charge in [-0.1, -0.05) is 12.8 Å². The summed E-state index contributed by atoms with van der Waals surface area (Å²) in [5.74, 6) is 0. The molecule has 1 heterocycles. The highest BCUT2D eigenvalue weighted by atomic mass is 16.5. The third kappa shape index (κ3) is 5.22. The number of nitrogens with zero attached hydrogens (tertiary/aromatic N) is 1. The van der Waals surface area contributed by atoms with Gasteiger partial charge in [-0.3, -0.25) is 0 Å². The molecule has 1 atom stereocenters. The van der Waals surface area contributed by atoms with Crippen molar-refractivity contribution >= 4 is 17.4 Å². The van der Waals surface area contributed by atoms with E-state index in [-0.39, 0.29) is 12.1 Å². The normalized spacial score (nSPS) is 16.7. The zero-order valence-electron chi connectivity index (χ0n) is 13.6. The summed E-state index contributed by atoms with van der Waals surface area (Å²) in [4.78, 5) is 14.2. The van der Waals surface area contributed by atoms with Crippen molar-refractivity contribution in [2.24, 2.45) is 0 Å². The van der Waals surface area contributed by atoms with Crippen molar-refractivity contribution in [3.63, 3.8) is 0 Å². The number of anilines is 2. The third-order valence-corrected chi connectivity index (χ3v) is 4.03. The van der Waals surface area contributed by atoms with Crippen LogP contribution in [-0.4, -0.2) is 43.8 Å². The fraction of sp³-hybridized carbons (Fsp3) is 0.588. The zero-order chi connectivity index (χ0) is 15.8. The fourth-order valence-corrected chi connectivity index (χ4v) is 2.49. The van der Waals surface area contributed by atoms with Crippen LogP contribution >= 0.6 is 0 Å². The second-order valence-electron chi connectivity index (χ2n) is 5.84. The summed E-state index contributed by atoms with van der Waals surface area (Å²) in [5, 5.41) is 6.28. The van der Waals surface area contributed by atoms with Crippen LogP contribution in [0.2, 0.25) is 0 Å².